The molecule has 1 aromatic carbocycles. The Bertz CT molecular complexity index is 673. The highest BCUT2D eigenvalue weighted by Crippen LogP contribution is 2.12. The van der Waals surface area contributed by atoms with Crippen molar-refractivity contribution in [1.82, 2.24) is 15.5 Å². The average Bonchev–Trinajstić information content (AvgIpc) is 2.69. The van der Waals surface area contributed by atoms with Gasteiger partial charge in [-0.25, -0.2) is 8.42 Å². The van der Waals surface area contributed by atoms with E-state index < -0.39 is 9.84 Å². The van der Waals surface area contributed by atoms with Crippen molar-refractivity contribution in [2.24, 2.45) is 4.99 Å². The predicted octanol–water partition coefficient (Wildman–Crippen LogP) is 1.13. The number of aliphatic imine (C=N–C) groups is 1. The zero-order valence-electron chi connectivity index (χ0n) is 16.4. The van der Waals surface area contributed by atoms with Crippen LogP contribution in [-0.4, -0.2) is 77.0 Å². The smallest absolute Gasteiger partial charge is 0.191 e. The first kappa shape index (κ1) is 21.7. The van der Waals surface area contributed by atoms with E-state index in [1.807, 2.05) is 19.9 Å². The molecular formula is C19H32N4O3S. The van der Waals surface area contributed by atoms with E-state index in [9.17, 15) is 8.42 Å². The molecule has 1 saturated heterocycles. The maximum atomic E-state index is 12.6. The zero-order chi connectivity index (χ0) is 19.5. The number of guanidine groups is 1. The summed E-state index contributed by atoms with van der Waals surface area (Å²) >= 11 is 0. The summed E-state index contributed by atoms with van der Waals surface area (Å²) in [6, 6.07) is 8.40. The lowest BCUT2D eigenvalue weighted by atomic mass is 10.3. The molecule has 2 rings (SSSR count). The Labute approximate surface area is 163 Å². The standard InChI is InChI=1S/C19H32N4O3S/c1-3-17(16-27(24,25)18-8-6-5-7-9-18)22-19(20-4-2)21-10-11-23-12-14-26-15-13-23/h5-9,17H,3-4,10-16H2,1-2H3,(H2,20,21,22). The largest absolute Gasteiger partial charge is 0.379 e. The summed E-state index contributed by atoms with van der Waals surface area (Å²) in [4.78, 5) is 7.30. The first-order valence-corrected chi connectivity index (χ1v) is 11.3. The fraction of sp³-hybridized carbons (Fsp3) is 0.632. The molecule has 1 fully saturated rings. The number of sulfone groups is 1. The number of benzene rings is 1. The van der Waals surface area contributed by atoms with Crippen LogP contribution in [0.2, 0.25) is 0 Å². The molecule has 0 spiro atoms. The van der Waals surface area contributed by atoms with Crippen LogP contribution in [0, 0.1) is 0 Å². The third-order valence-electron chi connectivity index (χ3n) is 4.49. The molecule has 1 aliphatic rings. The molecule has 0 saturated carbocycles. The third-order valence-corrected chi connectivity index (χ3v) is 6.32. The van der Waals surface area contributed by atoms with E-state index in [0.717, 1.165) is 39.4 Å². The van der Waals surface area contributed by atoms with Crippen molar-refractivity contribution in [1.29, 1.82) is 0 Å². The molecule has 0 radical (unpaired) electrons. The summed E-state index contributed by atoms with van der Waals surface area (Å²) < 4.78 is 30.6. The van der Waals surface area contributed by atoms with Crippen LogP contribution in [0.3, 0.4) is 0 Å². The highest BCUT2D eigenvalue weighted by atomic mass is 32.2. The van der Waals surface area contributed by atoms with Crippen molar-refractivity contribution in [3.05, 3.63) is 30.3 Å². The predicted molar refractivity (Wildman–Crippen MR) is 109 cm³/mol. The van der Waals surface area contributed by atoms with Crippen LogP contribution in [0.25, 0.3) is 0 Å². The van der Waals surface area contributed by atoms with E-state index in [4.69, 9.17) is 4.74 Å². The van der Waals surface area contributed by atoms with E-state index in [2.05, 4.69) is 20.5 Å². The zero-order valence-corrected chi connectivity index (χ0v) is 17.2. The molecule has 2 N–H and O–H groups in total. The van der Waals surface area contributed by atoms with E-state index >= 15 is 0 Å². The van der Waals surface area contributed by atoms with Crippen molar-refractivity contribution in [2.45, 2.75) is 31.2 Å². The molecule has 0 amide bonds. The Balaban J connectivity index is 1.94. The van der Waals surface area contributed by atoms with Gasteiger partial charge in [0.15, 0.2) is 15.8 Å². The van der Waals surface area contributed by atoms with Crippen molar-refractivity contribution < 1.29 is 13.2 Å². The number of hydrogen-bond donors (Lipinski definition) is 2. The maximum absolute atomic E-state index is 12.6. The van der Waals surface area contributed by atoms with Gasteiger partial charge in [-0.15, -0.1) is 0 Å². The second-order valence-corrected chi connectivity index (χ2v) is 8.59. The van der Waals surface area contributed by atoms with Crippen LogP contribution in [0.1, 0.15) is 20.3 Å². The Kier molecular flexibility index (Phi) is 9.03. The summed E-state index contributed by atoms with van der Waals surface area (Å²) in [6.07, 6.45) is 0.694. The van der Waals surface area contributed by atoms with Crippen molar-refractivity contribution in [2.75, 3.05) is 51.7 Å². The average molecular weight is 397 g/mol. The Morgan fingerprint density at radius 1 is 1.22 bits per heavy atom. The van der Waals surface area contributed by atoms with Crippen LogP contribution in [0.15, 0.2) is 40.2 Å². The van der Waals surface area contributed by atoms with Gasteiger partial charge < -0.3 is 15.4 Å². The number of ether oxygens (including phenoxy) is 1. The van der Waals surface area contributed by atoms with Crippen molar-refractivity contribution in [3.8, 4) is 0 Å². The Morgan fingerprint density at radius 2 is 1.93 bits per heavy atom. The van der Waals surface area contributed by atoms with Gasteiger partial charge in [-0.05, 0) is 25.5 Å². The second kappa shape index (κ2) is 11.3. The molecule has 27 heavy (non-hydrogen) atoms. The molecule has 0 aliphatic carbocycles. The van der Waals surface area contributed by atoms with E-state index in [0.29, 0.717) is 23.8 Å². The van der Waals surface area contributed by atoms with E-state index in [1.165, 1.54) is 0 Å². The van der Waals surface area contributed by atoms with Crippen LogP contribution in [0.5, 0.6) is 0 Å². The molecule has 152 valence electrons. The molecule has 8 heteroatoms. The normalized spacial score (nSPS) is 17.5. The van der Waals surface area contributed by atoms with Gasteiger partial charge in [-0.2, -0.15) is 0 Å². The fourth-order valence-electron chi connectivity index (χ4n) is 2.89. The number of morpholine rings is 1. The van der Waals surface area contributed by atoms with Crippen LogP contribution < -0.4 is 10.6 Å². The summed E-state index contributed by atoms with van der Waals surface area (Å²) in [5.74, 6) is 0.711. The fourth-order valence-corrected chi connectivity index (χ4v) is 4.50. The van der Waals surface area contributed by atoms with Gasteiger partial charge in [0.1, 0.15) is 0 Å². The molecular weight excluding hydrogens is 364 g/mol. The Hall–Kier alpha value is -1.64. The van der Waals surface area contributed by atoms with Crippen LogP contribution in [-0.2, 0) is 14.6 Å². The monoisotopic (exact) mass is 396 g/mol. The van der Waals surface area contributed by atoms with Crippen molar-refractivity contribution >= 4 is 15.8 Å². The maximum Gasteiger partial charge on any atom is 0.191 e. The van der Waals surface area contributed by atoms with Gasteiger partial charge in [-0.1, -0.05) is 25.1 Å². The lowest BCUT2D eigenvalue weighted by Crippen LogP contribution is -2.46. The number of rotatable bonds is 9. The minimum atomic E-state index is -3.34. The molecule has 1 atom stereocenters. The highest BCUT2D eigenvalue weighted by Gasteiger charge is 2.21. The summed E-state index contributed by atoms with van der Waals surface area (Å²) in [5.41, 5.74) is 0. The lowest BCUT2D eigenvalue weighted by molar-refractivity contribution is 0.0394. The second-order valence-electron chi connectivity index (χ2n) is 6.56. The van der Waals surface area contributed by atoms with Gasteiger partial charge in [0, 0.05) is 32.2 Å². The molecule has 0 aromatic heterocycles. The van der Waals surface area contributed by atoms with Crippen LogP contribution >= 0.6 is 0 Å². The number of hydrogen-bond acceptors (Lipinski definition) is 5. The lowest BCUT2D eigenvalue weighted by Gasteiger charge is -2.26. The van der Waals surface area contributed by atoms with Crippen LogP contribution in [0.4, 0.5) is 0 Å². The first-order chi connectivity index (χ1) is 13.0. The molecule has 1 unspecified atom stereocenters. The molecule has 1 aliphatic heterocycles. The molecule has 1 heterocycles. The van der Waals surface area contributed by atoms with Gasteiger partial charge in [0.2, 0.25) is 0 Å². The number of nitrogens with one attached hydrogen (secondary N) is 2. The molecule has 7 nitrogen and oxygen atoms in total. The summed E-state index contributed by atoms with van der Waals surface area (Å²) in [6.45, 7) is 9.67. The summed E-state index contributed by atoms with van der Waals surface area (Å²) in [7, 11) is -3.34. The van der Waals surface area contributed by atoms with Gasteiger partial charge in [-0.3, -0.25) is 9.89 Å². The number of nitrogens with zero attached hydrogens (tertiary/aromatic N) is 2. The van der Waals surface area contributed by atoms with Gasteiger partial charge in [0.25, 0.3) is 0 Å². The van der Waals surface area contributed by atoms with Gasteiger partial charge in [0.05, 0.1) is 30.4 Å². The minimum absolute atomic E-state index is 0.0430. The first-order valence-electron chi connectivity index (χ1n) is 9.68. The topological polar surface area (TPSA) is 83.0 Å². The quantitative estimate of drug-likeness (QED) is 0.481. The highest BCUT2D eigenvalue weighted by molar-refractivity contribution is 7.91. The summed E-state index contributed by atoms with van der Waals surface area (Å²) in [5, 5.41) is 6.50. The van der Waals surface area contributed by atoms with Gasteiger partial charge >= 0.3 is 0 Å². The van der Waals surface area contributed by atoms with Crippen molar-refractivity contribution in [3.63, 3.8) is 0 Å². The molecule has 1 aromatic rings. The molecule has 0 bridgehead atoms. The van der Waals surface area contributed by atoms with E-state index in [1.54, 1.807) is 24.3 Å². The minimum Gasteiger partial charge on any atom is -0.379 e. The van der Waals surface area contributed by atoms with E-state index in [-0.39, 0.29) is 11.8 Å². The SMILES string of the molecule is CCNC(=NCCN1CCOCC1)NC(CC)CS(=O)(=O)c1ccccc1. The third kappa shape index (κ3) is 7.48. The Morgan fingerprint density at radius 3 is 2.56 bits per heavy atom.